The van der Waals surface area contributed by atoms with E-state index in [-0.39, 0.29) is 33.0 Å². The van der Waals surface area contributed by atoms with Gasteiger partial charge in [-0.15, -0.1) is 0 Å². The fraction of sp³-hybridized carbons (Fsp3) is 0.846. The number of carboxylic acid groups (broad SMARTS) is 1. The van der Waals surface area contributed by atoms with Crippen LogP contribution in [-0.2, 0) is 31.3 Å². The second-order valence-corrected chi connectivity index (χ2v) is 3.58. The van der Waals surface area contributed by atoms with E-state index in [9.17, 15) is 4.79 Å². The van der Waals surface area contributed by atoms with Crippen molar-refractivity contribution >= 4 is 11.8 Å². The maximum Gasteiger partial charge on any atom is 0.300 e. The van der Waals surface area contributed by atoms with Gasteiger partial charge in [-0.2, -0.15) is 0 Å². The van der Waals surface area contributed by atoms with Gasteiger partial charge >= 0.3 is 0 Å². The number of Topliss-reactive ketones (excluding diaryl/α,β-unsaturated/α-hetero) is 1. The molecule has 0 heterocycles. The molecule has 0 radical (unpaired) electrons. The molecule has 0 bridgehead atoms. The van der Waals surface area contributed by atoms with E-state index in [4.69, 9.17) is 20.1 Å². The maximum atomic E-state index is 9.44. The fourth-order valence-corrected chi connectivity index (χ4v) is 0.316. The molecule has 0 atom stereocenters. The third kappa shape index (κ3) is 356. The first kappa shape index (κ1) is 36.7. The first-order valence-electron chi connectivity index (χ1n) is 6.18. The summed E-state index contributed by atoms with van der Waals surface area (Å²) in [6.07, 6.45) is 4.08. The molecule has 0 aromatic carbocycles. The quantitative estimate of drug-likeness (QED) is 0.671. The van der Waals surface area contributed by atoms with Crippen molar-refractivity contribution in [1.82, 2.24) is 0 Å². The van der Waals surface area contributed by atoms with Gasteiger partial charge in [0.1, 0.15) is 5.78 Å². The second-order valence-electron chi connectivity index (χ2n) is 3.58. The maximum absolute atomic E-state index is 9.44. The van der Waals surface area contributed by atoms with Gasteiger partial charge in [-0.05, 0) is 26.7 Å². The van der Waals surface area contributed by atoms with Crippen molar-refractivity contribution in [2.24, 2.45) is 0 Å². The summed E-state index contributed by atoms with van der Waals surface area (Å²) in [7, 11) is 0. The Morgan fingerprint density at radius 1 is 0.850 bits per heavy atom. The zero-order valence-electron chi connectivity index (χ0n) is 13.4. The number of ketones is 1. The Morgan fingerprint density at radius 3 is 1.00 bits per heavy atom. The Bertz CT molecular complexity index is 135. The standard InChI is InChI=1S/2C4H10O.C3H6O.C2H4O2.H2O.Ti/c2*1-2-3-4-5;1-3(2)4;1-2(3)4;;/h2*5H,2-4H2,1H3;1-2H3;1H3,(H,3,4);1H2;. The number of carbonyl (C=O) groups excluding carboxylic acids is 1. The molecule has 0 unspecified atom stereocenters. The molecule has 5 N–H and O–H groups in total. The Balaban J connectivity index is -0.0000000318. The van der Waals surface area contributed by atoms with E-state index in [0.717, 1.165) is 32.6 Å². The van der Waals surface area contributed by atoms with Crippen LogP contribution in [0.5, 0.6) is 0 Å². The number of rotatable bonds is 4. The summed E-state index contributed by atoms with van der Waals surface area (Å²) in [6.45, 7) is 8.93. The van der Waals surface area contributed by atoms with Crippen molar-refractivity contribution in [3.05, 3.63) is 0 Å². The van der Waals surface area contributed by atoms with Crippen LogP contribution in [0.4, 0.5) is 0 Å². The number of aliphatic carboxylic acids is 1. The van der Waals surface area contributed by atoms with E-state index in [1.807, 2.05) is 0 Å². The zero-order valence-corrected chi connectivity index (χ0v) is 15.0. The number of aliphatic hydroxyl groups excluding tert-OH is 2. The van der Waals surface area contributed by atoms with Gasteiger partial charge in [0.05, 0.1) is 0 Å². The minimum atomic E-state index is -0.833. The minimum absolute atomic E-state index is 0. The van der Waals surface area contributed by atoms with Crippen molar-refractivity contribution in [2.75, 3.05) is 13.2 Å². The number of hydrogen-bond acceptors (Lipinski definition) is 4. The molecule has 0 aliphatic rings. The van der Waals surface area contributed by atoms with Crippen LogP contribution in [0.25, 0.3) is 0 Å². The van der Waals surface area contributed by atoms with Crippen LogP contribution in [0.1, 0.15) is 60.3 Å². The molecule has 124 valence electrons. The largest absolute Gasteiger partial charge is 0.481 e. The predicted octanol–water partition coefficient (Wildman–Crippen LogP) is 1.42. The summed E-state index contributed by atoms with van der Waals surface area (Å²) in [5.74, 6) is -0.667. The SMILES string of the molecule is CC(=O)O.CC(C)=O.CCCCO.CCCCO.O.[Ti]. The van der Waals surface area contributed by atoms with Crippen molar-refractivity contribution < 1.29 is 52.1 Å². The van der Waals surface area contributed by atoms with Crippen LogP contribution >= 0.6 is 0 Å². The van der Waals surface area contributed by atoms with Gasteiger partial charge in [0, 0.05) is 41.9 Å². The number of carbonyl (C=O) groups is 2. The van der Waals surface area contributed by atoms with Crippen molar-refractivity contribution in [3.8, 4) is 0 Å². The molecule has 6 nitrogen and oxygen atoms in total. The molecule has 20 heavy (non-hydrogen) atoms. The van der Waals surface area contributed by atoms with E-state index in [2.05, 4.69) is 13.8 Å². The molecular weight excluding hydrogens is 300 g/mol. The van der Waals surface area contributed by atoms with Gasteiger partial charge in [0.15, 0.2) is 0 Å². The summed E-state index contributed by atoms with van der Waals surface area (Å²) >= 11 is 0. The smallest absolute Gasteiger partial charge is 0.300 e. The molecule has 0 saturated carbocycles. The molecule has 0 rings (SSSR count). The van der Waals surface area contributed by atoms with Gasteiger partial charge in [-0.1, -0.05) is 26.7 Å². The van der Waals surface area contributed by atoms with Crippen molar-refractivity contribution in [1.29, 1.82) is 0 Å². The van der Waals surface area contributed by atoms with Gasteiger partial charge in [-0.25, -0.2) is 0 Å². The molecule has 0 spiro atoms. The summed E-state index contributed by atoms with van der Waals surface area (Å²) in [5.41, 5.74) is 0. The summed E-state index contributed by atoms with van der Waals surface area (Å²) in [6, 6.07) is 0. The Morgan fingerprint density at radius 2 is 1.00 bits per heavy atom. The molecular formula is C13H32O6Ti. The molecule has 0 amide bonds. The molecule has 0 aliphatic heterocycles. The van der Waals surface area contributed by atoms with Gasteiger partial charge in [0.2, 0.25) is 0 Å². The third-order valence-corrected chi connectivity index (χ3v) is 1.02. The summed E-state index contributed by atoms with van der Waals surface area (Å²) in [5, 5.41) is 23.5. The minimum Gasteiger partial charge on any atom is -0.481 e. The topological polar surface area (TPSA) is 126 Å². The average molecular weight is 332 g/mol. The number of unbranched alkanes of at least 4 members (excludes halogenated alkanes) is 2. The van der Waals surface area contributed by atoms with Gasteiger partial charge in [0.25, 0.3) is 5.97 Å². The predicted molar refractivity (Wildman–Crippen MR) is 77.3 cm³/mol. The van der Waals surface area contributed by atoms with Crippen LogP contribution in [0, 0.1) is 0 Å². The molecule has 0 aliphatic carbocycles. The Hall–Kier alpha value is -0.266. The molecule has 0 aromatic heterocycles. The number of hydrogen-bond donors (Lipinski definition) is 3. The zero-order chi connectivity index (χ0) is 15.4. The molecule has 0 aromatic rings. The Kier molecular flexibility index (Phi) is 78.6. The third-order valence-electron chi connectivity index (χ3n) is 1.02. The van der Waals surface area contributed by atoms with E-state index < -0.39 is 5.97 Å². The fourth-order valence-electron chi connectivity index (χ4n) is 0.316. The van der Waals surface area contributed by atoms with Crippen LogP contribution in [0.3, 0.4) is 0 Å². The van der Waals surface area contributed by atoms with E-state index in [1.54, 1.807) is 0 Å². The van der Waals surface area contributed by atoms with Gasteiger partial charge < -0.3 is 25.6 Å². The second kappa shape index (κ2) is 42.8. The molecule has 0 fully saturated rings. The monoisotopic (exact) mass is 332 g/mol. The van der Waals surface area contributed by atoms with Crippen LogP contribution < -0.4 is 0 Å². The van der Waals surface area contributed by atoms with Crippen LogP contribution in [0.15, 0.2) is 0 Å². The molecule has 0 saturated heterocycles. The first-order chi connectivity index (χ1) is 8.29. The Labute approximate surface area is 137 Å². The van der Waals surface area contributed by atoms with Crippen LogP contribution in [0.2, 0.25) is 0 Å². The normalized spacial score (nSPS) is 6.75. The van der Waals surface area contributed by atoms with Crippen molar-refractivity contribution in [3.63, 3.8) is 0 Å². The van der Waals surface area contributed by atoms with E-state index in [0.29, 0.717) is 13.2 Å². The van der Waals surface area contributed by atoms with Crippen LogP contribution in [-0.4, -0.2) is 45.8 Å². The summed E-state index contributed by atoms with van der Waals surface area (Å²) in [4.78, 5) is 18.4. The van der Waals surface area contributed by atoms with Crippen molar-refractivity contribution in [2.45, 2.75) is 60.3 Å². The molecule has 7 heteroatoms. The number of carboxylic acids is 1. The van der Waals surface area contributed by atoms with Gasteiger partial charge in [-0.3, -0.25) is 4.79 Å². The number of aliphatic hydroxyl groups is 2. The van der Waals surface area contributed by atoms with E-state index in [1.165, 1.54) is 13.8 Å². The van der Waals surface area contributed by atoms with E-state index >= 15 is 0 Å². The first-order valence-corrected chi connectivity index (χ1v) is 6.18. The summed E-state index contributed by atoms with van der Waals surface area (Å²) < 4.78 is 0. The average Bonchev–Trinajstić information content (AvgIpc) is 2.19.